The molecule has 1 amide bonds. The molecule has 5 heteroatoms. The number of carbonyl (C=O) groups is 1. The van der Waals surface area contributed by atoms with E-state index in [4.69, 9.17) is 0 Å². The fourth-order valence-electron chi connectivity index (χ4n) is 2.18. The molecule has 2 N–H and O–H groups in total. The highest BCUT2D eigenvalue weighted by atomic mass is 16.2. The highest BCUT2D eigenvalue weighted by molar-refractivity contribution is 6.03. The van der Waals surface area contributed by atoms with Gasteiger partial charge in [-0.25, -0.2) is 0 Å². The number of anilines is 4. The van der Waals surface area contributed by atoms with E-state index >= 15 is 0 Å². The lowest BCUT2D eigenvalue weighted by atomic mass is 10.1. The third kappa shape index (κ3) is 2.10. The van der Waals surface area contributed by atoms with Crippen LogP contribution in [0.4, 0.5) is 22.7 Å². The Balaban J connectivity index is 2.07. The maximum absolute atomic E-state index is 11.8. The predicted octanol–water partition coefficient (Wildman–Crippen LogP) is 2.21. The maximum Gasteiger partial charge on any atom is 0.244 e. The fraction of sp³-hybridized carbons (Fsp3) is 0.143. The van der Waals surface area contributed by atoms with E-state index in [0.717, 1.165) is 22.7 Å². The van der Waals surface area contributed by atoms with Crippen molar-refractivity contribution in [3.8, 4) is 0 Å². The molecule has 0 atom stereocenters. The summed E-state index contributed by atoms with van der Waals surface area (Å²) in [5.41, 5.74) is 3.63. The number of para-hydroxylation sites is 2. The standard InChI is InChI=1S/C14H14N4O/c1-15-10-6-11(8-16-7-10)18-9-14(19)17-12-4-2-3-5-13(12)18/h2-8,15H,9H2,1H3,(H,17,19). The summed E-state index contributed by atoms with van der Waals surface area (Å²) in [6.45, 7) is 0.297. The zero-order chi connectivity index (χ0) is 13.2. The van der Waals surface area contributed by atoms with Crippen LogP contribution >= 0.6 is 0 Å². The van der Waals surface area contributed by atoms with E-state index in [1.54, 1.807) is 12.4 Å². The Morgan fingerprint density at radius 1 is 1.32 bits per heavy atom. The van der Waals surface area contributed by atoms with Gasteiger partial charge in [0.05, 0.1) is 35.1 Å². The fourth-order valence-corrected chi connectivity index (χ4v) is 2.18. The summed E-state index contributed by atoms with van der Waals surface area (Å²) >= 11 is 0. The van der Waals surface area contributed by atoms with Gasteiger partial charge in [0, 0.05) is 7.05 Å². The molecule has 0 aliphatic carbocycles. The molecule has 0 radical (unpaired) electrons. The lowest BCUT2D eigenvalue weighted by Gasteiger charge is -2.30. The van der Waals surface area contributed by atoms with Crippen LogP contribution in [0.3, 0.4) is 0 Å². The van der Waals surface area contributed by atoms with Gasteiger partial charge in [0.1, 0.15) is 6.54 Å². The van der Waals surface area contributed by atoms with E-state index < -0.39 is 0 Å². The van der Waals surface area contributed by atoms with Gasteiger partial charge >= 0.3 is 0 Å². The number of benzene rings is 1. The van der Waals surface area contributed by atoms with Crippen molar-refractivity contribution in [1.82, 2.24) is 4.98 Å². The highest BCUT2D eigenvalue weighted by Crippen LogP contribution is 2.34. The number of hydrogen-bond acceptors (Lipinski definition) is 4. The smallest absolute Gasteiger partial charge is 0.244 e. The molecule has 0 unspecified atom stereocenters. The molecule has 0 fully saturated rings. The van der Waals surface area contributed by atoms with Crippen LogP contribution in [0.5, 0.6) is 0 Å². The first-order valence-electron chi connectivity index (χ1n) is 6.07. The normalized spacial score (nSPS) is 13.7. The van der Waals surface area contributed by atoms with Crippen molar-refractivity contribution in [3.05, 3.63) is 42.7 Å². The highest BCUT2D eigenvalue weighted by Gasteiger charge is 2.22. The van der Waals surface area contributed by atoms with Crippen LogP contribution in [-0.4, -0.2) is 24.5 Å². The molecule has 1 aliphatic heterocycles. The molecule has 1 aromatic carbocycles. The van der Waals surface area contributed by atoms with E-state index in [1.807, 2.05) is 42.3 Å². The number of pyridine rings is 1. The minimum absolute atomic E-state index is 0.0199. The molecule has 0 spiro atoms. The van der Waals surface area contributed by atoms with Crippen LogP contribution < -0.4 is 15.5 Å². The van der Waals surface area contributed by atoms with Crippen LogP contribution in [-0.2, 0) is 4.79 Å². The van der Waals surface area contributed by atoms with Gasteiger partial charge in [0.25, 0.3) is 0 Å². The van der Waals surface area contributed by atoms with Crippen molar-refractivity contribution in [1.29, 1.82) is 0 Å². The molecule has 1 aliphatic rings. The van der Waals surface area contributed by atoms with E-state index in [9.17, 15) is 4.79 Å². The van der Waals surface area contributed by atoms with Crippen molar-refractivity contribution in [3.63, 3.8) is 0 Å². The first kappa shape index (κ1) is 11.5. The van der Waals surface area contributed by atoms with Crippen LogP contribution in [0.25, 0.3) is 0 Å². The molecule has 2 heterocycles. The van der Waals surface area contributed by atoms with Gasteiger partial charge < -0.3 is 15.5 Å². The minimum Gasteiger partial charge on any atom is -0.387 e. The van der Waals surface area contributed by atoms with Crippen molar-refractivity contribution in [2.24, 2.45) is 0 Å². The quantitative estimate of drug-likeness (QED) is 0.862. The molecule has 0 bridgehead atoms. The van der Waals surface area contributed by atoms with Gasteiger partial charge in [0.2, 0.25) is 5.91 Å². The Labute approximate surface area is 111 Å². The Hall–Kier alpha value is -2.56. The van der Waals surface area contributed by atoms with Crippen molar-refractivity contribution in [2.75, 3.05) is 29.1 Å². The Morgan fingerprint density at radius 2 is 2.16 bits per heavy atom. The van der Waals surface area contributed by atoms with Crippen LogP contribution in [0, 0.1) is 0 Å². The monoisotopic (exact) mass is 254 g/mol. The first-order chi connectivity index (χ1) is 9.28. The van der Waals surface area contributed by atoms with Gasteiger partial charge in [0.15, 0.2) is 0 Å². The second kappa shape index (κ2) is 4.61. The van der Waals surface area contributed by atoms with Gasteiger partial charge in [-0.15, -0.1) is 0 Å². The maximum atomic E-state index is 11.8. The van der Waals surface area contributed by atoms with E-state index in [0.29, 0.717) is 6.54 Å². The molecule has 0 saturated heterocycles. The summed E-state index contributed by atoms with van der Waals surface area (Å²) in [7, 11) is 1.84. The van der Waals surface area contributed by atoms with Gasteiger partial charge in [-0.05, 0) is 18.2 Å². The summed E-state index contributed by atoms with van der Waals surface area (Å²) in [5, 5.41) is 5.92. The number of nitrogens with zero attached hydrogens (tertiary/aromatic N) is 2. The van der Waals surface area contributed by atoms with Crippen molar-refractivity contribution >= 4 is 28.7 Å². The molecule has 1 aromatic heterocycles. The molecule has 2 aromatic rings. The van der Waals surface area contributed by atoms with Gasteiger partial charge in [-0.3, -0.25) is 9.78 Å². The first-order valence-corrected chi connectivity index (χ1v) is 6.07. The summed E-state index contributed by atoms with van der Waals surface area (Å²) in [5.74, 6) is -0.0199. The number of aromatic nitrogens is 1. The largest absolute Gasteiger partial charge is 0.387 e. The molecule has 5 nitrogen and oxygen atoms in total. The second-order valence-electron chi connectivity index (χ2n) is 4.33. The van der Waals surface area contributed by atoms with E-state index in [1.165, 1.54) is 0 Å². The summed E-state index contributed by atoms with van der Waals surface area (Å²) in [6.07, 6.45) is 3.51. The molecule has 96 valence electrons. The predicted molar refractivity (Wildman–Crippen MR) is 75.9 cm³/mol. The third-order valence-corrected chi connectivity index (χ3v) is 3.09. The Morgan fingerprint density at radius 3 is 3.00 bits per heavy atom. The lowest BCUT2D eigenvalue weighted by Crippen LogP contribution is -2.35. The summed E-state index contributed by atoms with van der Waals surface area (Å²) < 4.78 is 0. The molecule has 0 saturated carbocycles. The number of rotatable bonds is 2. The van der Waals surface area contributed by atoms with Crippen LogP contribution in [0.1, 0.15) is 0 Å². The number of nitrogens with one attached hydrogen (secondary N) is 2. The number of amides is 1. The molecular weight excluding hydrogens is 240 g/mol. The molecule has 19 heavy (non-hydrogen) atoms. The topological polar surface area (TPSA) is 57.3 Å². The SMILES string of the molecule is CNc1cncc(N2CC(=O)Nc3ccccc32)c1. The lowest BCUT2D eigenvalue weighted by molar-refractivity contribution is -0.115. The Bertz CT molecular complexity index is 626. The average molecular weight is 254 g/mol. The summed E-state index contributed by atoms with van der Waals surface area (Å²) in [6, 6.07) is 9.72. The van der Waals surface area contributed by atoms with Gasteiger partial charge in [-0.2, -0.15) is 0 Å². The summed E-state index contributed by atoms with van der Waals surface area (Å²) in [4.78, 5) is 17.9. The number of carbonyl (C=O) groups excluding carboxylic acids is 1. The average Bonchev–Trinajstić information content (AvgIpc) is 2.46. The zero-order valence-electron chi connectivity index (χ0n) is 10.6. The van der Waals surface area contributed by atoms with Crippen molar-refractivity contribution < 1.29 is 4.79 Å². The Kier molecular flexibility index (Phi) is 2.79. The van der Waals surface area contributed by atoms with E-state index in [-0.39, 0.29) is 5.91 Å². The van der Waals surface area contributed by atoms with Crippen molar-refractivity contribution in [2.45, 2.75) is 0 Å². The van der Waals surface area contributed by atoms with Crippen LogP contribution in [0.2, 0.25) is 0 Å². The number of hydrogen-bond donors (Lipinski definition) is 2. The minimum atomic E-state index is -0.0199. The third-order valence-electron chi connectivity index (χ3n) is 3.09. The van der Waals surface area contributed by atoms with Gasteiger partial charge in [-0.1, -0.05) is 12.1 Å². The molecular formula is C14H14N4O. The second-order valence-corrected chi connectivity index (χ2v) is 4.33. The van der Waals surface area contributed by atoms with E-state index in [2.05, 4.69) is 15.6 Å². The zero-order valence-corrected chi connectivity index (χ0v) is 10.6. The van der Waals surface area contributed by atoms with Crippen LogP contribution in [0.15, 0.2) is 42.7 Å². The molecule has 3 rings (SSSR count). The number of fused-ring (bicyclic) bond motifs is 1.